The van der Waals surface area contributed by atoms with E-state index in [-0.39, 0.29) is 11.5 Å². The molecule has 0 amide bonds. The first kappa shape index (κ1) is 23.1. The molecule has 3 nitrogen and oxygen atoms in total. The minimum atomic E-state index is -0.635. The molecule has 0 aromatic rings. The molecule has 2 aliphatic rings. The average Bonchev–Trinajstić information content (AvgIpc) is 2.90. The molecule has 0 heterocycles. The van der Waals surface area contributed by atoms with Crippen LogP contribution in [0.2, 0.25) is 0 Å². The van der Waals surface area contributed by atoms with Crippen LogP contribution in [-0.4, -0.2) is 33.6 Å². The summed E-state index contributed by atoms with van der Waals surface area (Å²) in [4.78, 5) is 0. The number of aliphatic hydroxyl groups excluding tert-OH is 3. The van der Waals surface area contributed by atoms with Gasteiger partial charge < -0.3 is 15.3 Å². The lowest BCUT2D eigenvalue weighted by Gasteiger charge is -2.29. The molecule has 0 radical (unpaired) electrons. The lowest BCUT2D eigenvalue weighted by molar-refractivity contribution is 0.0862. The van der Waals surface area contributed by atoms with Gasteiger partial charge in [-0.2, -0.15) is 0 Å². The van der Waals surface area contributed by atoms with Crippen molar-refractivity contribution in [3.8, 4) is 0 Å². The van der Waals surface area contributed by atoms with Gasteiger partial charge in [-0.15, -0.1) is 0 Å². The second-order valence-corrected chi connectivity index (χ2v) is 9.69. The molecule has 3 heteroatoms. The highest BCUT2D eigenvalue weighted by Crippen LogP contribution is 2.49. The van der Waals surface area contributed by atoms with Gasteiger partial charge in [-0.1, -0.05) is 63.6 Å². The van der Waals surface area contributed by atoms with Crippen LogP contribution in [-0.2, 0) is 0 Å². The Hall–Kier alpha value is -1.16. The second-order valence-electron chi connectivity index (χ2n) is 9.69. The highest BCUT2D eigenvalue weighted by Gasteiger charge is 2.38. The van der Waals surface area contributed by atoms with E-state index in [0.717, 1.165) is 36.8 Å². The summed E-state index contributed by atoms with van der Waals surface area (Å²) in [5, 5.41) is 30.0. The Balaban J connectivity index is 2.06. The third-order valence-corrected chi connectivity index (χ3v) is 6.92. The molecule has 4 atom stereocenters. The maximum absolute atomic E-state index is 10.1. The molecule has 0 spiro atoms. The van der Waals surface area contributed by atoms with Crippen molar-refractivity contribution in [3.05, 3.63) is 47.1 Å². The Labute approximate surface area is 171 Å². The Morgan fingerprint density at radius 2 is 1.96 bits per heavy atom. The van der Waals surface area contributed by atoms with Gasteiger partial charge in [0.05, 0.1) is 18.3 Å². The topological polar surface area (TPSA) is 60.7 Å². The molecule has 2 aliphatic carbocycles. The molecule has 2 rings (SSSR count). The minimum Gasteiger partial charge on any atom is -0.393 e. The quantitative estimate of drug-likeness (QED) is 0.555. The molecule has 158 valence electrons. The molecule has 2 saturated carbocycles. The second kappa shape index (κ2) is 9.56. The number of rotatable bonds is 6. The number of hydrogen-bond acceptors (Lipinski definition) is 3. The molecule has 0 aromatic carbocycles. The highest BCUT2D eigenvalue weighted by molar-refractivity contribution is 5.37. The van der Waals surface area contributed by atoms with Crippen LogP contribution in [0.1, 0.15) is 73.1 Å². The summed E-state index contributed by atoms with van der Waals surface area (Å²) >= 11 is 0. The number of allylic oxidation sites excluding steroid dienone is 5. The first-order valence-electron chi connectivity index (χ1n) is 10.8. The van der Waals surface area contributed by atoms with E-state index in [0.29, 0.717) is 24.7 Å². The third-order valence-electron chi connectivity index (χ3n) is 6.92. The van der Waals surface area contributed by atoms with Gasteiger partial charge in [0.25, 0.3) is 0 Å². The summed E-state index contributed by atoms with van der Waals surface area (Å²) in [6.07, 6.45) is 10.0. The molecular weight excluding hydrogens is 348 g/mol. The van der Waals surface area contributed by atoms with E-state index in [9.17, 15) is 15.3 Å². The fourth-order valence-electron chi connectivity index (χ4n) is 4.72. The van der Waals surface area contributed by atoms with Crippen molar-refractivity contribution in [2.45, 2.75) is 91.5 Å². The minimum absolute atomic E-state index is 0.116. The van der Waals surface area contributed by atoms with Gasteiger partial charge in [0.15, 0.2) is 0 Å². The van der Waals surface area contributed by atoms with Crippen LogP contribution < -0.4 is 0 Å². The Morgan fingerprint density at radius 3 is 2.61 bits per heavy atom. The van der Waals surface area contributed by atoms with E-state index in [1.54, 1.807) is 5.57 Å². The average molecular weight is 389 g/mol. The van der Waals surface area contributed by atoms with Gasteiger partial charge in [0, 0.05) is 6.42 Å². The van der Waals surface area contributed by atoms with Crippen LogP contribution in [0.5, 0.6) is 0 Å². The van der Waals surface area contributed by atoms with E-state index in [1.165, 1.54) is 5.57 Å². The normalized spacial score (nSPS) is 32.5. The van der Waals surface area contributed by atoms with E-state index in [2.05, 4.69) is 53.3 Å². The molecule has 0 saturated heterocycles. The lowest BCUT2D eigenvalue weighted by atomic mass is 9.76. The van der Waals surface area contributed by atoms with Crippen molar-refractivity contribution in [3.63, 3.8) is 0 Å². The standard InChI is InChI=1S/C25H40O3/c1-16(2)23(27)13-10-17(3)22-12-11-20(25(22,5)6)9-7-8-19-14-21(26)15-24(28)18(19)4/h7-9,16,20-21,23-24,26-28H,4,10-15H2,1-3,5-6H3/b9-7+,19-8-,22-17+/t20-,21-,23-,24+/m1/s1. The maximum Gasteiger partial charge on any atom is 0.0811 e. The van der Waals surface area contributed by atoms with E-state index in [4.69, 9.17) is 0 Å². The predicted molar refractivity (Wildman–Crippen MR) is 117 cm³/mol. The zero-order chi connectivity index (χ0) is 21.1. The smallest absolute Gasteiger partial charge is 0.0811 e. The van der Waals surface area contributed by atoms with Crippen molar-refractivity contribution in [2.24, 2.45) is 17.3 Å². The molecule has 2 fully saturated rings. The molecule has 3 N–H and O–H groups in total. The van der Waals surface area contributed by atoms with E-state index < -0.39 is 12.2 Å². The largest absolute Gasteiger partial charge is 0.393 e. The van der Waals surface area contributed by atoms with Crippen LogP contribution in [0.15, 0.2) is 47.1 Å². The summed E-state index contributed by atoms with van der Waals surface area (Å²) in [6, 6.07) is 0. The van der Waals surface area contributed by atoms with Gasteiger partial charge in [-0.3, -0.25) is 0 Å². The Kier molecular flexibility index (Phi) is 7.89. The third kappa shape index (κ3) is 5.46. The Morgan fingerprint density at radius 1 is 1.29 bits per heavy atom. The molecular formula is C25H40O3. The van der Waals surface area contributed by atoms with Gasteiger partial charge in [0.1, 0.15) is 0 Å². The summed E-state index contributed by atoms with van der Waals surface area (Å²) in [5.41, 5.74) is 4.78. The molecule has 0 unspecified atom stereocenters. The molecule has 0 bridgehead atoms. The number of hydrogen-bond donors (Lipinski definition) is 3. The van der Waals surface area contributed by atoms with Crippen LogP contribution in [0, 0.1) is 17.3 Å². The first-order valence-corrected chi connectivity index (χ1v) is 10.8. The van der Waals surface area contributed by atoms with Crippen molar-refractivity contribution >= 4 is 0 Å². The summed E-state index contributed by atoms with van der Waals surface area (Å²) in [7, 11) is 0. The summed E-state index contributed by atoms with van der Waals surface area (Å²) in [6.45, 7) is 15.0. The zero-order valence-corrected chi connectivity index (χ0v) is 18.4. The van der Waals surface area contributed by atoms with Crippen molar-refractivity contribution < 1.29 is 15.3 Å². The molecule has 0 aliphatic heterocycles. The number of aliphatic hydroxyl groups is 3. The fourth-order valence-corrected chi connectivity index (χ4v) is 4.72. The van der Waals surface area contributed by atoms with Crippen LogP contribution >= 0.6 is 0 Å². The van der Waals surface area contributed by atoms with E-state index >= 15 is 0 Å². The van der Waals surface area contributed by atoms with Gasteiger partial charge in [-0.05, 0) is 67.4 Å². The predicted octanol–water partition coefficient (Wildman–Crippen LogP) is 5.09. The Bertz CT molecular complexity index is 651. The molecule has 28 heavy (non-hydrogen) atoms. The fraction of sp³-hybridized carbons (Fsp3) is 0.680. The van der Waals surface area contributed by atoms with Crippen molar-refractivity contribution in [2.75, 3.05) is 0 Å². The maximum atomic E-state index is 10.1. The highest BCUT2D eigenvalue weighted by atomic mass is 16.3. The van der Waals surface area contributed by atoms with Gasteiger partial charge >= 0.3 is 0 Å². The van der Waals surface area contributed by atoms with Gasteiger partial charge in [0.2, 0.25) is 0 Å². The molecule has 0 aromatic heterocycles. The zero-order valence-electron chi connectivity index (χ0n) is 18.4. The van der Waals surface area contributed by atoms with Crippen LogP contribution in [0.4, 0.5) is 0 Å². The first-order chi connectivity index (χ1) is 13.0. The van der Waals surface area contributed by atoms with Crippen molar-refractivity contribution in [1.29, 1.82) is 0 Å². The SMILES string of the molecule is C=C1/C(=C\C=C\[C@@H]2CC/C(=C(/C)CC[C@@H](O)C(C)C)C2(C)C)C[C@@H](O)C[C@@H]1O. The van der Waals surface area contributed by atoms with Crippen LogP contribution in [0.25, 0.3) is 0 Å². The lowest BCUT2D eigenvalue weighted by Crippen LogP contribution is -2.26. The monoisotopic (exact) mass is 388 g/mol. The van der Waals surface area contributed by atoms with Crippen molar-refractivity contribution in [1.82, 2.24) is 0 Å². The van der Waals surface area contributed by atoms with E-state index in [1.807, 2.05) is 6.08 Å². The van der Waals surface area contributed by atoms with Crippen LogP contribution in [0.3, 0.4) is 0 Å². The van der Waals surface area contributed by atoms with Gasteiger partial charge in [-0.25, -0.2) is 0 Å². The summed E-state index contributed by atoms with van der Waals surface area (Å²) < 4.78 is 0. The summed E-state index contributed by atoms with van der Waals surface area (Å²) in [5.74, 6) is 0.778.